The van der Waals surface area contributed by atoms with Crippen molar-refractivity contribution in [1.29, 1.82) is 0 Å². The molecule has 1 atom stereocenters. The Labute approximate surface area is 108 Å². The maximum absolute atomic E-state index is 4.55. The van der Waals surface area contributed by atoms with Gasteiger partial charge in [0, 0.05) is 17.7 Å². The van der Waals surface area contributed by atoms with Crippen LogP contribution in [0.1, 0.15) is 35.2 Å². The van der Waals surface area contributed by atoms with E-state index in [-0.39, 0.29) is 0 Å². The number of aryl methyl sites for hydroxylation is 2. The van der Waals surface area contributed by atoms with Gasteiger partial charge in [0.15, 0.2) is 0 Å². The molecule has 0 fully saturated rings. The van der Waals surface area contributed by atoms with Crippen molar-refractivity contribution in [2.45, 2.75) is 26.7 Å². The summed E-state index contributed by atoms with van der Waals surface area (Å²) in [6, 6.07) is 8.88. The molecule has 1 aliphatic carbocycles. The topological polar surface area (TPSA) is 12.9 Å². The van der Waals surface area contributed by atoms with Gasteiger partial charge in [0.25, 0.3) is 0 Å². The van der Waals surface area contributed by atoms with Crippen LogP contribution in [-0.4, -0.2) is 4.98 Å². The predicted molar refractivity (Wildman–Crippen MR) is 76.6 cm³/mol. The zero-order chi connectivity index (χ0) is 12.7. The third-order valence-corrected chi connectivity index (χ3v) is 3.82. The van der Waals surface area contributed by atoms with Gasteiger partial charge in [-0.1, -0.05) is 31.2 Å². The van der Waals surface area contributed by atoms with Crippen molar-refractivity contribution in [3.05, 3.63) is 58.9 Å². The normalized spacial score (nSPS) is 16.9. The lowest BCUT2D eigenvalue weighted by Crippen LogP contribution is -1.92. The molecule has 18 heavy (non-hydrogen) atoms. The maximum Gasteiger partial charge on any atom is 0.0665 e. The second kappa shape index (κ2) is 4.09. The van der Waals surface area contributed by atoms with Crippen molar-refractivity contribution < 1.29 is 0 Å². The Bertz CT molecular complexity index is 638. The molecular weight excluding hydrogens is 218 g/mol. The smallest absolute Gasteiger partial charge is 0.0665 e. The number of pyridine rings is 1. The molecule has 1 aliphatic rings. The minimum Gasteiger partial charge on any atom is -0.256 e. The molecule has 0 saturated carbocycles. The van der Waals surface area contributed by atoms with Crippen LogP contribution < -0.4 is 0 Å². The van der Waals surface area contributed by atoms with Gasteiger partial charge in [-0.05, 0) is 48.2 Å². The van der Waals surface area contributed by atoms with E-state index in [0.29, 0.717) is 5.92 Å². The minimum absolute atomic E-state index is 0.485. The fourth-order valence-corrected chi connectivity index (χ4v) is 2.41. The van der Waals surface area contributed by atoms with Gasteiger partial charge in [-0.3, -0.25) is 4.98 Å². The Morgan fingerprint density at radius 1 is 1.00 bits per heavy atom. The van der Waals surface area contributed by atoms with Crippen LogP contribution in [0.4, 0.5) is 0 Å². The summed E-state index contributed by atoms with van der Waals surface area (Å²) in [7, 11) is 0. The summed E-state index contributed by atoms with van der Waals surface area (Å²) in [6.45, 7) is 6.52. The van der Waals surface area contributed by atoms with Crippen LogP contribution in [0.15, 0.2) is 36.5 Å². The van der Waals surface area contributed by atoms with E-state index < -0.39 is 0 Å². The van der Waals surface area contributed by atoms with Crippen molar-refractivity contribution in [3.63, 3.8) is 0 Å². The number of hydrogen-bond acceptors (Lipinski definition) is 1. The zero-order valence-electron chi connectivity index (χ0n) is 11.1. The van der Waals surface area contributed by atoms with Gasteiger partial charge in [-0.25, -0.2) is 0 Å². The first-order valence-corrected chi connectivity index (χ1v) is 6.41. The number of hydrogen-bond donors (Lipinski definition) is 0. The standard InChI is InChI=1S/C17H17N/c1-11-4-6-14(8-13(11)3)15-9-16-12(2)5-7-17(16)18-10-15/h4-10,12H,1-3H3. The molecule has 0 saturated heterocycles. The summed E-state index contributed by atoms with van der Waals surface area (Å²) < 4.78 is 0. The highest BCUT2D eigenvalue weighted by Gasteiger charge is 2.14. The number of fused-ring (bicyclic) bond motifs is 1. The Kier molecular flexibility index (Phi) is 2.55. The van der Waals surface area contributed by atoms with Crippen LogP contribution >= 0.6 is 0 Å². The molecule has 0 aliphatic heterocycles. The maximum atomic E-state index is 4.55. The van der Waals surface area contributed by atoms with Crippen LogP contribution in [0.5, 0.6) is 0 Å². The van der Waals surface area contributed by atoms with E-state index in [4.69, 9.17) is 0 Å². The van der Waals surface area contributed by atoms with Crippen LogP contribution in [0.3, 0.4) is 0 Å². The van der Waals surface area contributed by atoms with Crippen molar-refractivity contribution in [1.82, 2.24) is 4.98 Å². The summed E-state index contributed by atoms with van der Waals surface area (Å²) in [6.07, 6.45) is 6.30. The molecule has 1 heteroatoms. The molecule has 1 nitrogen and oxygen atoms in total. The lowest BCUT2D eigenvalue weighted by atomic mass is 9.98. The van der Waals surface area contributed by atoms with Crippen LogP contribution in [-0.2, 0) is 0 Å². The van der Waals surface area contributed by atoms with Gasteiger partial charge in [0.05, 0.1) is 5.69 Å². The highest BCUT2D eigenvalue weighted by Crippen LogP contribution is 2.32. The predicted octanol–water partition coefficient (Wildman–Crippen LogP) is 4.50. The van der Waals surface area contributed by atoms with Gasteiger partial charge in [0.1, 0.15) is 0 Å². The first-order chi connectivity index (χ1) is 8.65. The van der Waals surface area contributed by atoms with Gasteiger partial charge < -0.3 is 0 Å². The van der Waals surface area contributed by atoms with E-state index in [1.165, 1.54) is 27.8 Å². The number of aromatic nitrogens is 1. The third-order valence-electron chi connectivity index (χ3n) is 3.82. The Morgan fingerprint density at radius 3 is 2.61 bits per heavy atom. The fraction of sp³-hybridized carbons (Fsp3) is 0.235. The van der Waals surface area contributed by atoms with E-state index in [1.54, 1.807) is 0 Å². The van der Waals surface area contributed by atoms with Crippen LogP contribution in [0.25, 0.3) is 17.2 Å². The van der Waals surface area contributed by atoms with Crippen LogP contribution in [0, 0.1) is 13.8 Å². The molecule has 1 unspecified atom stereocenters. The van der Waals surface area contributed by atoms with E-state index >= 15 is 0 Å². The fourth-order valence-electron chi connectivity index (χ4n) is 2.41. The number of nitrogens with zero attached hydrogens (tertiary/aromatic N) is 1. The molecule has 0 spiro atoms. The van der Waals surface area contributed by atoms with Crippen molar-refractivity contribution in [3.8, 4) is 11.1 Å². The lowest BCUT2D eigenvalue weighted by molar-refractivity contribution is 0.978. The number of rotatable bonds is 1. The van der Waals surface area contributed by atoms with Gasteiger partial charge in [0.2, 0.25) is 0 Å². The highest BCUT2D eigenvalue weighted by molar-refractivity contribution is 5.69. The average Bonchev–Trinajstić information content (AvgIpc) is 2.74. The zero-order valence-corrected chi connectivity index (χ0v) is 11.1. The summed E-state index contributed by atoms with van der Waals surface area (Å²) in [5.74, 6) is 0.485. The van der Waals surface area contributed by atoms with E-state index in [9.17, 15) is 0 Å². The third kappa shape index (κ3) is 1.76. The lowest BCUT2D eigenvalue weighted by Gasteiger charge is -2.09. The molecule has 1 aromatic heterocycles. The summed E-state index contributed by atoms with van der Waals surface area (Å²) in [5.41, 5.74) is 7.60. The van der Waals surface area contributed by atoms with Crippen molar-refractivity contribution >= 4 is 6.08 Å². The Morgan fingerprint density at radius 2 is 1.83 bits per heavy atom. The number of allylic oxidation sites excluding steroid dienone is 1. The quantitative estimate of drug-likeness (QED) is 0.709. The van der Waals surface area contributed by atoms with E-state index in [2.05, 4.69) is 62.2 Å². The Hall–Kier alpha value is -1.89. The van der Waals surface area contributed by atoms with Gasteiger partial charge in [-0.15, -0.1) is 0 Å². The van der Waals surface area contributed by atoms with Crippen molar-refractivity contribution in [2.75, 3.05) is 0 Å². The highest BCUT2D eigenvalue weighted by atomic mass is 14.7. The van der Waals surface area contributed by atoms with E-state index in [0.717, 1.165) is 5.69 Å². The molecular formula is C17H17N. The molecule has 0 N–H and O–H groups in total. The molecule has 0 amide bonds. The van der Waals surface area contributed by atoms with Crippen molar-refractivity contribution in [2.24, 2.45) is 0 Å². The Balaban J connectivity index is 2.08. The molecule has 2 aromatic rings. The molecule has 90 valence electrons. The molecule has 0 bridgehead atoms. The SMILES string of the molecule is Cc1ccc(-c2cnc3c(c2)C(C)C=C3)cc1C. The monoisotopic (exact) mass is 235 g/mol. The average molecular weight is 235 g/mol. The number of benzene rings is 1. The van der Waals surface area contributed by atoms with Gasteiger partial charge in [-0.2, -0.15) is 0 Å². The summed E-state index contributed by atoms with van der Waals surface area (Å²) >= 11 is 0. The minimum atomic E-state index is 0.485. The summed E-state index contributed by atoms with van der Waals surface area (Å²) in [4.78, 5) is 4.55. The van der Waals surface area contributed by atoms with Crippen LogP contribution in [0.2, 0.25) is 0 Å². The first kappa shape index (κ1) is 11.2. The van der Waals surface area contributed by atoms with Gasteiger partial charge >= 0.3 is 0 Å². The molecule has 3 rings (SSSR count). The first-order valence-electron chi connectivity index (χ1n) is 6.41. The van der Waals surface area contributed by atoms with E-state index in [1.807, 2.05) is 6.20 Å². The molecule has 1 aromatic carbocycles. The summed E-state index contributed by atoms with van der Waals surface area (Å²) in [5, 5.41) is 0. The largest absolute Gasteiger partial charge is 0.256 e. The second-order valence-electron chi connectivity index (χ2n) is 5.15. The molecule has 1 heterocycles. The second-order valence-corrected chi connectivity index (χ2v) is 5.15. The molecule has 0 radical (unpaired) electrons.